The molecule has 0 fully saturated rings. The molecule has 0 saturated heterocycles. The third-order valence-electron chi connectivity index (χ3n) is 2.15. The Kier molecular flexibility index (Phi) is 5.21. The molecule has 16 heavy (non-hydrogen) atoms. The summed E-state index contributed by atoms with van der Waals surface area (Å²) in [5, 5.41) is 9.70. The van der Waals surface area contributed by atoms with Crippen LogP contribution in [-0.2, 0) is 19.2 Å². The molecule has 1 aromatic carbocycles. The minimum atomic E-state index is -0.659. The lowest BCUT2D eigenvalue weighted by Crippen LogP contribution is -2.25. The number of para-hydroxylation sites is 1. The molecule has 0 amide bonds. The summed E-state index contributed by atoms with van der Waals surface area (Å²) in [7, 11) is 4.36. The van der Waals surface area contributed by atoms with E-state index < -0.39 is 12.4 Å². The molecule has 0 radical (unpaired) electrons. The summed E-state index contributed by atoms with van der Waals surface area (Å²) in [6.07, 6.45) is -1.31. The highest BCUT2D eigenvalue weighted by Crippen LogP contribution is 2.30. The molecule has 0 saturated carbocycles. The average molecular weight is 228 g/mol. The van der Waals surface area contributed by atoms with Gasteiger partial charge >= 0.3 is 0 Å². The predicted octanol–water partition coefficient (Wildman–Crippen LogP) is 1.63. The first-order chi connectivity index (χ1) is 7.74. The van der Waals surface area contributed by atoms with Crippen LogP contribution in [0.2, 0.25) is 0 Å². The molecule has 0 aliphatic carbocycles. The third-order valence-corrected chi connectivity index (χ3v) is 2.15. The summed E-state index contributed by atoms with van der Waals surface area (Å²) >= 11 is 0. The van der Waals surface area contributed by atoms with E-state index in [2.05, 4.69) is 4.89 Å². The molecule has 0 aromatic heterocycles. The number of phenols is 1. The number of hydrogen-bond acceptors (Lipinski definition) is 5. The van der Waals surface area contributed by atoms with Gasteiger partial charge in [-0.1, -0.05) is 18.2 Å². The summed E-state index contributed by atoms with van der Waals surface area (Å²) in [5.74, 6) is 0.101. The Morgan fingerprint density at radius 2 is 1.69 bits per heavy atom. The van der Waals surface area contributed by atoms with E-state index >= 15 is 0 Å². The van der Waals surface area contributed by atoms with Crippen LogP contribution in [0, 0.1) is 0 Å². The third kappa shape index (κ3) is 2.93. The zero-order chi connectivity index (χ0) is 12.0. The fourth-order valence-corrected chi connectivity index (χ4v) is 1.42. The van der Waals surface area contributed by atoms with Gasteiger partial charge in [0.25, 0.3) is 0 Å². The van der Waals surface area contributed by atoms with E-state index in [0.717, 1.165) is 0 Å². The number of methoxy groups -OCH3 is 2. The zero-order valence-corrected chi connectivity index (χ0v) is 9.54. The van der Waals surface area contributed by atoms with Crippen LogP contribution in [0.4, 0.5) is 0 Å². The second kappa shape index (κ2) is 6.44. The van der Waals surface area contributed by atoms with Crippen molar-refractivity contribution >= 4 is 0 Å². The number of phenolic OH excluding ortho intramolecular Hbond substituents is 1. The number of ether oxygens (including phenoxy) is 2. The number of aromatic hydroxyl groups is 1. The Morgan fingerprint density at radius 3 is 2.19 bits per heavy atom. The Morgan fingerprint density at radius 1 is 1.06 bits per heavy atom. The van der Waals surface area contributed by atoms with Crippen molar-refractivity contribution in [1.82, 2.24) is 0 Å². The Labute approximate surface area is 94.4 Å². The Hall–Kier alpha value is -1.14. The molecule has 0 bridgehead atoms. The lowest BCUT2D eigenvalue weighted by molar-refractivity contribution is -0.349. The summed E-state index contributed by atoms with van der Waals surface area (Å²) in [6.45, 7) is 0. The normalized spacial score (nSPS) is 13.0. The van der Waals surface area contributed by atoms with Gasteiger partial charge in [-0.15, -0.1) is 0 Å². The van der Waals surface area contributed by atoms with Gasteiger partial charge in [-0.25, -0.2) is 9.78 Å². The van der Waals surface area contributed by atoms with Crippen LogP contribution in [0.25, 0.3) is 0 Å². The topological polar surface area (TPSA) is 57.2 Å². The fraction of sp³-hybridized carbons (Fsp3) is 0.455. The van der Waals surface area contributed by atoms with E-state index in [1.807, 2.05) is 0 Å². The van der Waals surface area contributed by atoms with E-state index in [9.17, 15) is 5.11 Å². The maximum atomic E-state index is 9.70. The van der Waals surface area contributed by atoms with E-state index in [0.29, 0.717) is 5.56 Å². The molecule has 0 aliphatic rings. The molecule has 0 spiro atoms. The Balaban J connectivity index is 2.97. The quantitative estimate of drug-likeness (QED) is 0.455. The second-order valence-electron chi connectivity index (χ2n) is 3.08. The first-order valence-electron chi connectivity index (χ1n) is 4.77. The van der Waals surface area contributed by atoms with Crippen LogP contribution >= 0.6 is 0 Å². The summed E-state index contributed by atoms with van der Waals surface area (Å²) in [4.78, 5) is 9.67. The van der Waals surface area contributed by atoms with Crippen molar-refractivity contribution in [3.05, 3.63) is 29.8 Å². The fourth-order valence-electron chi connectivity index (χ4n) is 1.42. The molecule has 1 aromatic rings. The number of benzene rings is 1. The molecular weight excluding hydrogens is 212 g/mol. The van der Waals surface area contributed by atoms with Crippen molar-refractivity contribution in [3.63, 3.8) is 0 Å². The molecule has 0 heterocycles. The summed E-state index contributed by atoms with van der Waals surface area (Å²) in [5.41, 5.74) is 0.540. The van der Waals surface area contributed by atoms with Gasteiger partial charge in [-0.3, -0.25) is 0 Å². The monoisotopic (exact) mass is 228 g/mol. The highest BCUT2D eigenvalue weighted by Gasteiger charge is 2.27. The van der Waals surface area contributed by atoms with Crippen LogP contribution in [-0.4, -0.2) is 32.7 Å². The van der Waals surface area contributed by atoms with Gasteiger partial charge in [0.05, 0.1) is 7.11 Å². The molecule has 1 atom stereocenters. The maximum Gasteiger partial charge on any atom is 0.190 e. The first-order valence-corrected chi connectivity index (χ1v) is 4.77. The van der Waals surface area contributed by atoms with Crippen LogP contribution in [0.1, 0.15) is 11.7 Å². The van der Waals surface area contributed by atoms with Crippen LogP contribution < -0.4 is 0 Å². The standard InChI is InChI=1S/C11H16O5/c1-13-11(14-2)10(16-15-3)8-6-4-5-7-9(8)12/h4-7,10-12H,1-3H3. The average Bonchev–Trinajstić information content (AvgIpc) is 2.30. The highest BCUT2D eigenvalue weighted by atomic mass is 17.2. The molecule has 90 valence electrons. The van der Waals surface area contributed by atoms with Crippen LogP contribution in [0.5, 0.6) is 5.75 Å². The minimum absolute atomic E-state index is 0.101. The van der Waals surface area contributed by atoms with Gasteiger partial charge in [-0.2, -0.15) is 0 Å². The van der Waals surface area contributed by atoms with Gasteiger partial charge in [0, 0.05) is 19.8 Å². The summed E-state index contributed by atoms with van der Waals surface area (Å²) < 4.78 is 10.2. The van der Waals surface area contributed by atoms with E-state index in [1.165, 1.54) is 21.3 Å². The maximum absolute atomic E-state index is 9.70. The van der Waals surface area contributed by atoms with Crippen molar-refractivity contribution in [2.24, 2.45) is 0 Å². The van der Waals surface area contributed by atoms with Crippen molar-refractivity contribution in [2.75, 3.05) is 21.3 Å². The largest absolute Gasteiger partial charge is 0.508 e. The molecule has 1 unspecified atom stereocenters. The second-order valence-corrected chi connectivity index (χ2v) is 3.08. The van der Waals surface area contributed by atoms with E-state index in [4.69, 9.17) is 14.4 Å². The molecular formula is C11H16O5. The predicted molar refractivity (Wildman–Crippen MR) is 56.7 cm³/mol. The first kappa shape index (κ1) is 12.9. The molecule has 1 N–H and O–H groups in total. The van der Waals surface area contributed by atoms with Crippen molar-refractivity contribution in [3.8, 4) is 5.75 Å². The summed E-state index contributed by atoms with van der Waals surface area (Å²) in [6, 6.07) is 6.77. The Bertz CT molecular complexity index is 311. The van der Waals surface area contributed by atoms with Crippen molar-refractivity contribution < 1.29 is 24.4 Å². The molecule has 1 rings (SSSR count). The minimum Gasteiger partial charge on any atom is -0.508 e. The molecule has 0 aliphatic heterocycles. The van der Waals surface area contributed by atoms with Gasteiger partial charge in [0.2, 0.25) is 0 Å². The van der Waals surface area contributed by atoms with Gasteiger partial charge in [-0.05, 0) is 6.07 Å². The van der Waals surface area contributed by atoms with Crippen LogP contribution in [0.3, 0.4) is 0 Å². The highest BCUT2D eigenvalue weighted by molar-refractivity contribution is 5.34. The van der Waals surface area contributed by atoms with Crippen molar-refractivity contribution in [1.29, 1.82) is 0 Å². The van der Waals surface area contributed by atoms with Crippen LogP contribution in [0.15, 0.2) is 24.3 Å². The SMILES string of the molecule is COOC(c1ccccc1O)C(OC)OC. The smallest absolute Gasteiger partial charge is 0.190 e. The van der Waals surface area contributed by atoms with E-state index in [1.54, 1.807) is 24.3 Å². The molecule has 5 nitrogen and oxygen atoms in total. The lowest BCUT2D eigenvalue weighted by Gasteiger charge is -2.23. The zero-order valence-electron chi connectivity index (χ0n) is 9.54. The van der Waals surface area contributed by atoms with Gasteiger partial charge in [0.15, 0.2) is 12.4 Å². The van der Waals surface area contributed by atoms with E-state index in [-0.39, 0.29) is 5.75 Å². The van der Waals surface area contributed by atoms with Gasteiger partial charge < -0.3 is 14.6 Å². The number of rotatable bonds is 6. The number of hydrogen-bond donors (Lipinski definition) is 1. The van der Waals surface area contributed by atoms with Crippen molar-refractivity contribution in [2.45, 2.75) is 12.4 Å². The molecule has 5 heteroatoms. The van der Waals surface area contributed by atoms with Gasteiger partial charge in [0.1, 0.15) is 5.75 Å². The lowest BCUT2D eigenvalue weighted by atomic mass is 10.1.